The molecule has 7 heteroatoms. The quantitative estimate of drug-likeness (QED) is 0.346. The number of benzene rings is 2. The summed E-state index contributed by atoms with van der Waals surface area (Å²) in [5.74, 6) is 0.435. The summed E-state index contributed by atoms with van der Waals surface area (Å²) < 4.78 is 5.28. The van der Waals surface area contributed by atoms with Crippen molar-refractivity contribution in [2.45, 2.75) is 25.8 Å². The normalized spacial score (nSPS) is 12.8. The van der Waals surface area contributed by atoms with Gasteiger partial charge in [-0.2, -0.15) is 0 Å². The molecule has 0 atom stereocenters. The van der Waals surface area contributed by atoms with Gasteiger partial charge < -0.3 is 21.5 Å². The summed E-state index contributed by atoms with van der Waals surface area (Å²) in [5.41, 5.74) is 15.8. The molecule has 2 aromatic rings. The molecule has 1 aliphatic carbocycles. The highest BCUT2D eigenvalue weighted by Gasteiger charge is 2.10. The first-order chi connectivity index (χ1) is 12.1. The Morgan fingerprint density at radius 2 is 1.92 bits per heavy atom. The number of aliphatic imine (C=N–C) groups is 1. The molecule has 6 nitrogen and oxygen atoms in total. The van der Waals surface area contributed by atoms with Gasteiger partial charge in [0.2, 0.25) is 0 Å². The van der Waals surface area contributed by atoms with Crippen LogP contribution >= 0.6 is 24.0 Å². The number of nitrogens with one attached hydrogen (secondary N) is 1. The average Bonchev–Trinajstić information content (AvgIpc) is 3.06. The molecule has 5 N–H and O–H groups in total. The molecule has 0 unspecified atom stereocenters. The first kappa shape index (κ1) is 20.0. The topological polar surface area (TPSA) is 103 Å². The number of nitrogens with two attached hydrogens (primary N) is 2. The van der Waals surface area contributed by atoms with E-state index in [9.17, 15) is 4.79 Å². The van der Waals surface area contributed by atoms with E-state index in [-0.39, 0.29) is 30.6 Å². The van der Waals surface area contributed by atoms with Crippen LogP contribution in [0.2, 0.25) is 0 Å². The molecular weight excluding hydrogens is 443 g/mol. The lowest BCUT2D eigenvalue weighted by molar-refractivity contribution is -0.119. The largest absolute Gasteiger partial charge is 0.484 e. The summed E-state index contributed by atoms with van der Waals surface area (Å²) in [6.45, 7) is 0.270. The van der Waals surface area contributed by atoms with Crippen molar-refractivity contribution in [1.29, 1.82) is 0 Å². The molecule has 2 aromatic carbocycles. The molecule has 0 heterocycles. The smallest absolute Gasteiger partial charge is 0.255 e. The van der Waals surface area contributed by atoms with Gasteiger partial charge in [0, 0.05) is 5.69 Å². The second kappa shape index (κ2) is 9.42. The van der Waals surface area contributed by atoms with Crippen molar-refractivity contribution < 1.29 is 9.53 Å². The predicted octanol–water partition coefficient (Wildman–Crippen LogP) is 2.58. The minimum absolute atomic E-state index is 0. The molecule has 0 fully saturated rings. The number of nitrogens with zero attached hydrogens (tertiary/aromatic N) is 1. The fraction of sp³-hybridized carbons (Fsp3) is 0.263. The van der Waals surface area contributed by atoms with Crippen LogP contribution in [0.4, 0.5) is 5.69 Å². The van der Waals surface area contributed by atoms with Crippen LogP contribution in [0.5, 0.6) is 5.75 Å². The molecule has 1 amide bonds. The van der Waals surface area contributed by atoms with Crippen molar-refractivity contribution in [2.75, 3.05) is 11.9 Å². The van der Waals surface area contributed by atoms with E-state index in [1.807, 2.05) is 24.3 Å². The van der Waals surface area contributed by atoms with Crippen molar-refractivity contribution >= 4 is 41.5 Å². The summed E-state index contributed by atoms with van der Waals surface area (Å²) in [7, 11) is 0. The molecule has 0 aromatic heterocycles. The van der Waals surface area contributed by atoms with Crippen molar-refractivity contribution in [2.24, 2.45) is 16.5 Å². The van der Waals surface area contributed by atoms with E-state index in [1.165, 1.54) is 17.5 Å². The molecular formula is C19H23IN4O2. The number of hydrogen-bond donors (Lipinski definition) is 3. The van der Waals surface area contributed by atoms with E-state index < -0.39 is 5.91 Å². The van der Waals surface area contributed by atoms with Crippen molar-refractivity contribution in [3.05, 3.63) is 59.2 Å². The number of amides is 1. The molecule has 3 rings (SSSR count). The molecule has 0 bridgehead atoms. The third-order valence-corrected chi connectivity index (χ3v) is 4.08. The Bertz CT molecular complexity index is 808. The Labute approximate surface area is 170 Å². The van der Waals surface area contributed by atoms with Crippen molar-refractivity contribution in [3.8, 4) is 5.75 Å². The Morgan fingerprint density at radius 1 is 1.12 bits per heavy atom. The third kappa shape index (κ3) is 5.62. The fourth-order valence-corrected chi connectivity index (χ4v) is 2.90. The number of guanidine groups is 1. The standard InChI is InChI=1S/C19H22N4O2.HI/c20-18(24)12-25-17-6-1-3-13(9-17)11-22-19(21)23-16-8-7-14-4-2-5-15(14)10-16;/h1,3,6-10H,2,4-5,11-12H2,(H2,20,24)(H3,21,22,23);1H. The number of ether oxygens (including phenoxy) is 1. The zero-order valence-electron chi connectivity index (χ0n) is 14.4. The number of rotatable bonds is 6. The minimum atomic E-state index is -0.508. The van der Waals surface area contributed by atoms with E-state index in [0.717, 1.165) is 24.1 Å². The fourth-order valence-electron chi connectivity index (χ4n) is 2.90. The van der Waals surface area contributed by atoms with Gasteiger partial charge in [0.05, 0.1) is 6.54 Å². The Hall–Kier alpha value is -2.29. The molecule has 0 radical (unpaired) electrons. The summed E-state index contributed by atoms with van der Waals surface area (Å²) in [6, 6.07) is 13.7. The van der Waals surface area contributed by atoms with Gasteiger partial charge in [-0.1, -0.05) is 18.2 Å². The highest BCUT2D eigenvalue weighted by molar-refractivity contribution is 14.0. The second-order valence-corrected chi connectivity index (χ2v) is 6.07. The lowest BCUT2D eigenvalue weighted by Crippen LogP contribution is -2.22. The minimum Gasteiger partial charge on any atom is -0.484 e. The lowest BCUT2D eigenvalue weighted by Gasteiger charge is -2.08. The lowest BCUT2D eigenvalue weighted by atomic mass is 10.1. The molecule has 138 valence electrons. The monoisotopic (exact) mass is 466 g/mol. The number of anilines is 1. The predicted molar refractivity (Wildman–Crippen MR) is 114 cm³/mol. The van der Waals surface area contributed by atoms with Crippen LogP contribution in [0.25, 0.3) is 0 Å². The number of primary amides is 1. The number of carbonyl (C=O) groups excluding carboxylic acids is 1. The zero-order chi connectivity index (χ0) is 17.6. The number of fused-ring (bicyclic) bond motifs is 1. The number of aryl methyl sites for hydroxylation is 2. The summed E-state index contributed by atoms with van der Waals surface area (Å²) >= 11 is 0. The number of hydrogen-bond acceptors (Lipinski definition) is 3. The van der Waals surface area contributed by atoms with Gasteiger partial charge in [-0.15, -0.1) is 24.0 Å². The number of halogens is 1. The van der Waals surface area contributed by atoms with E-state index in [2.05, 4.69) is 22.4 Å². The van der Waals surface area contributed by atoms with Crippen LogP contribution in [-0.2, 0) is 24.2 Å². The van der Waals surface area contributed by atoms with Gasteiger partial charge >= 0.3 is 0 Å². The first-order valence-electron chi connectivity index (χ1n) is 8.29. The maximum absolute atomic E-state index is 10.8. The highest BCUT2D eigenvalue weighted by Crippen LogP contribution is 2.24. The van der Waals surface area contributed by atoms with Gasteiger partial charge in [-0.3, -0.25) is 4.79 Å². The molecule has 0 aliphatic heterocycles. The van der Waals surface area contributed by atoms with E-state index in [4.69, 9.17) is 16.2 Å². The Morgan fingerprint density at radius 3 is 2.73 bits per heavy atom. The summed E-state index contributed by atoms with van der Waals surface area (Å²) in [5, 5.41) is 3.13. The second-order valence-electron chi connectivity index (χ2n) is 6.07. The van der Waals surface area contributed by atoms with Crippen LogP contribution in [0.1, 0.15) is 23.1 Å². The molecule has 26 heavy (non-hydrogen) atoms. The van der Waals surface area contributed by atoms with Gasteiger partial charge in [0.25, 0.3) is 5.91 Å². The van der Waals surface area contributed by atoms with E-state index >= 15 is 0 Å². The highest BCUT2D eigenvalue weighted by atomic mass is 127. The van der Waals surface area contributed by atoms with E-state index in [0.29, 0.717) is 18.3 Å². The maximum atomic E-state index is 10.8. The summed E-state index contributed by atoms with van der Waals surface area (Å²) in [4.78, 5) is 15.1. The zero-order valence-corrected chi connectivity index (χ0v) is 16.7. The first-order valence-corrected chi connectivity index (χ1v) is 8.29. The summed E-state index contributed by atoms with van der Waals surface area (Å²) in [6.07, 6.45) is 3.50. The molecule has 1 aliphatic rings. The van der Waals surface area contributed by atoms with Gasteiger partial charge in [0.15, 0.2) is 12.6 Å². The van der Waals surface area contributed by atoms with Gasteiger partial charge in [0.1, 0.15) is 5.75 Å². The molecule has 0 saturated heterocycles. The SMILES string of the molecule is I.NC(=O)COc1cccc(CN=C(N)Nc2ccc3c(c2)CCC3)c1. The Balaban J connectivity index is 0.00000243. The van der Waals surface area contributed by atoms with Crippen LogP contribution in [0, 0.1) is 0 Å². The average molecular weight is 466 g/mol. The molecule has 0 saturated carbocycles. The maximum Gasteiger partial charge on any atom is 0.255 e. The number of carbonyl (C=O) groups is 1. The van der Waals surface area contributed by atoms with Gasteiger partial charge in [-0.05, 0) is 60.2 Å². The van der Waals surface area contributed by atoms with Crippen LogP contribution in [0.3, 0.4) is 0 Å². The Kier molecular flexibility index (Phi) is 7.26. The van der Waals surface area contributed by atoms with E-state index in [1.54, 1.807) is 6.07 Å². The van der Waals surface area contributed by atoms with Crippen molar-refractivity contribution in [1.82, 2.24) is 0 Å². The van der Waals surface area contributed by atoms with Crippen molar-refractivity contribution in [3.63, 3.8) is 0 Å². The molecule has 0 spiro atoms. The van der Waals surface area contributed by atoms with Crippen LogP contribution in [0.15, 0.2) is 47.5 Å². The van der Waals surface area contributed by atoms with Crippen LogP contribution in [-0.4, -0.2) is 18.5 Å². The van der Waals surface area contributed by atoms with Gasteiger partial charge in [-0.25, -0.2) is 4.99 Å². The third-order valence-electron chi connectivity index (χ3n) is 4.08. The van der Waals surface area contributed by atoms with Crippen LogP contribution < -0.4 is 21.5 Å².